The lowest BCUT2D eigenvalue weighted by Crippen LogP contribution is -2.46. The molecule has 0 atom stereocenters. The second kappa shape index (κ2) is 16.7. The Balaban J connectivity index is 1.28. The molecule has 0 radical (unpaired) electrons. The highest BCUT2D eigenvalue weighted by Gasteiger charge is 2.32. The molecule has 0 saturated heterocycles. The third-order valence-corrected chi connectivity index (χ3v) is 8.72. The topological polar surface area (TPSA) is 110 Å². The van der Waals surface area contributed by atoms with E-state index in [2.05, 4.69) is 38.7 Å². The van der Waals surface area contributed by atoms with Crippen LogP contribution in [0.4, 0.5) is 4.79 Å². The fourth-order valence-electron chi connectivity index (χ4n) is 6.39. The summed E-state index contributed by atoms with van der Waals surface area (Å²) in [5.74, 6) is 1.27. The van der Waals surface area contributed by atoms with Gasteiger partial charge in [-0.25, -0.2) is 14.8 Å². The summed E-state index contributed by atoms with van der Waals surface area (Å²) in [6.07, 6.45) is 12.9. The predicted molar refractivity (Wildman–Crippen MR) is 178 cm³/mol. The number of rotatable bonds is 15. The van der Waals surface area contributed by atoms with Crippen molar-refractivity contribution in [2.24, 2.45) is 0 Å². The quantitative estimate of drug-likeness (QED) is 0.155. The molecule has 1 aliphatic carbocycles. The molecule has 2 aromatic carbocycles. The number of amides is 2. The standard InChI is InChI=1S/C36H47N7O3/c1-3-22-41(23-4-2)31-14-16-32(17-15-31)43(36(45)46-27-29-8-6-5-7-9-29)24-28-10-12-30(13-11-28)35(44)42(25-33-37-18-19-38-33)26-34-39-20-21-40-34/h5-13,18-21,31-32H,3-4,14-17,22-27H2,1-2H3,(H,37,38)(H,39,40). The number of aromatic amines is 2. The van der Waals surface area contributed by atoms with Crippen LogP contribution in [0, 0.1) is 0 Å². The molecule has 1 saturated carbocycles. The molecule has 10 heteroatoms. The van der Waals surface area contributed by atoms with Crippen LogP contribution >= 0.6 is 0 Å². The SMILES string of the molecule is CCCN(CCC)C1CCC(N(Cc2ccc(C(=O)N(Cc3ncc[nH]3)Cc3ncc[nH]3)cc2)C(=O)OCc2ccccc2)CC1. The summed E-state index contributed by atoms with van der Waals surface area (Å²) < 4.78 is 5.86. The van der Waals surface area contributed by atoms with Gasteiger partial charge in [-0.3, -0.25) is 4.79 Å². The number of hydrogen-bond acceptors (Lipinski definition) is 6. The zero-order valence-electron chi connectivity index (χ0n) is 27.1. The Morgan fingerprint density at radius 3 is 1.89 bits per heavy atom. The van der Waals surface area contributed by atoms with Crippen molar-refractivity contribution in [2.45, 2.75) is 90.7 Å². The molecular weight excluding hydrogens is 578 g/mol. The van der Waals surface area contributed by atoms with Crippen molar-refractivity contribution in [1.82, 2.24) is 34.6 Å². The molecule has 2 aromatic heterocycles. The predicted octanol–water partition coefficient (Wildman–Crippen LogP) is 6.55. The number of nitrogens with one attached hydrogen (secondary N) is 2. The number of aromatic nitrogens is 4. The van der Waals surface area contributed by atoms with Gasteiger partial charge in [0, 0.05) is 49.0 Å². The molecule has 244 valence electrons. The van der Waals surface area contributed by atoms with Gasteiger partial charge in [-0.2, -0.15) is 0 Å². The summed E-state index contributed by atoms with van der Waals surface area (Å²) in [5.41, 5.74) is 2.48. The van der Waals surface area contributed by atoms with Crippen LogP contribution in [0.25, 0.3) is 0 Å². The first kappa shape index (κ1) is 32.9. The highest BCUT2D eigenvalue weighted by molar-refractivity contribution is 5.94. The molecule has 10 nitrogen and oxygen atoms in total. The van der Waals surface area contributed by atoms with Crippen LogP contribution in [-0.2, 0) is 31.0 Å². The maximum Gasteiger partial charge on any atom is 0.410 e. The minimum atomic E-state index is -0.297. The normalized spacial score (nSPS) is 16.3. The lowest BCUT2D eigenvalue weighted by molar-refractivity contribution is 0.0549. The smallest absolute Gasteiger partial charge is 0.410 e. The average Bonchev–Trinajstić information content (AvgIpc) is 3.81. The summed E-state index contributed by atoms with van der Waals surface area (Å²) >= 11 is 0. The van der Waals surface area contributed by atoms with Crippen molar-refractivity contribution in [3.63, 3.8) is 0 Å². The van der Waals surface area contributed by atoms with E-state index in [1.807, 2.05) is 59.5 Å². The van der Waals surface area contributed by atoms with Crippen molar-refractivity contribution in [1.29, 1.82) is 0 Å². The Labute approximate surface area is 272 Å². The molecule has 1 fully saturated rings. The van der Waals surface area contributed by atoms with Crippen LogP contribution < -0.4 is 0 Å². The maximum atomic E-state index is 13.6. The van der Waals surface area contributed by atoms with Gasteiger partial charge in [0.05, 0.1) is 13.1 Å². The molecule has 2 heterocycles. The first-order valence-corrected chi connectivity index (χ1v) is 16.6. The minimum absolute atomic E-state index is 0.100. The van der Waals surface area contributed by atoms with Crippen molar-refractivity contribution in [3.8, 4) is 0 Å². The van der Waals surface area contributed by atoms with Crippen LogP contribution in [-0.4, -0.2) is 71.8 Å². The third kappa shape index (κ3) is 9.06. The van der Waals surface area contributed by atoms with Crippen molar-refractivity contribution >= 4 is 12.0 Å². The van der Waals surface area contributed by atoms with Crippen molar-refractivity contribution in [2.75, 3.05) is 13.1 Å². The first-order valence-electron chi connectivity index (χ1n) is 16.6. The van der Waals surface area contributed by atoms with E-state index in [-0.39, 0.29) is 24.6 Å². The third-order valence-electron chi connectivity index (χ3n) is 8.72. The molecule has 0 bridgehead atoms. The fraction of sp³-hybridized carbons (Fsp3) is 0.444. The Bertz CT molecular complexity index is 1410. The van der Waals surface area contributed by atoms with Crippen LogP contribution in [0.15, 0.2) is 79.4 Å². The number of hydrogen-bond donors (Lipinski definition) is 2. The van der Waals surface area contributed by atoms with Crippen molar-refractivity contribution in [3.05, 3.63) is 108 Å². The average molecular weight is 626 g/mol. The number of H-pyrrole nitrogens is 2. The van der Waals surface area contributed by atoms with Crippen LogP contribution in [0.3, 0.4) is 0 Å². The van der Waals surface area contributed by atoms with Gasteiger partial charge >= 0.3 is 6.09 Å². The Kier molecular flexibility index (Phi) is 12.0. The molecule has 0 spiro atoms. The monoisotopic (exact) mass is 625 g/mol. The number of benzene rings is 2. The summed E-state index contributed by atoms with van der Waals surface area (Å²) in [4.78, 5) is 48.3. The number of carbonyl (C=O) groups excluding carboxylic acids is 2. The van der Waals surface area contributed by atoms with E-state index >= 15 is 0 Å². The number of nitrogens with zero attached hydrogens (tertiary/aromatic N) is 5. The number of imidazole rings is 2. The van der Waals surface area contributed by atoms with E-state index in [4.69, 9.17) is 4.74 Å². The van der Waals surface area contributed by atoms with E-state index in [1.165, 1.54) is 0 Å². The van der Waals surface area contributed by atoms with E-state index in [0.29, 0.717) is 42.9 Å². The van der Waals surface area contributed by atoms with Gasteiger partial charge in [-0.1, -0.05) is 56.3 Å². The Hall–Kier alpha value is -4.44. The maximum absolute atomic E-state index is 13.6. The van der Waals surface area contributed by atoms with Gasteiger partial charge < -0.3 is 29.4 Å². The molecule has 5 rings (SSSR count). The molecule has 0 unspecified atom stereocenters. The highest BCUT2D eigenvalue weighted by Crippen LogP contribution is 2.29. The number of ether oxygens (including phenoxy) is 1. The Morgan fingerprint density at radius 1 is 0.761 bits per heavy atom. The van der Waals surface area contributed by atoms with E-state index < -0.39 is 0 Å². The van der Waals surface area contributed by atoms with Gasteiger partial charge in [0.15, 0.2) is 0 Å². The van der Waals surface area contributed by atoms with Gasteiger partial charge in [0.1, 0.15) is 18.3 Å². The van der Waals surface area contributed by atoms with Crippen molar-refractivity contribution < 1.29 is 14.3 Å². The lowest BCUT2D eigenvalue weighted by Gasteiger charge is -2.40. The minimum Gasteiger partial charge on any atom is -0.445 e. The zero-order chi connectivity index (χ0) is 32.1. The van der Waals surface area contributed by atoms with Crippen LogP contribution in [0.5, 0.6) is 0 Å². The molecule has 2 amide bonds. The fourth-order valence-corrected chi connectivity index (χ4v) is 6.39. The summed E-state index contributed by atoms with van der Waals surface area (Å²) in [6.45, 7) is 8.04. The Morgan fingerprint density at radius 2 is 1.35 bits per heavy atom. The van der Waals surface area contributed by atoms with E-state index in [0.717, 1.165) is 62.7 Å². The van der Waals surface area contributed by atoms with Crippen LogP contribution in [0.1, 0.15) is 85.5 Å². The van der Waals surface area contributed by atoms with Gasteiger partial charge in [-0.05, 0) is 74.9 Å². The lowest BCUT2D eigenvalue weighted by atomic mass is 9.88. The molecule has 4 aromatic rings. The largest absolute Gasteiger partial charge is 0.445 e. The van der Waals surface area contributed by atoms with E-state index in [9.17, 15) is 9.59 Å². The zero-order valence-corrected chi connectivity index (χ0v) is 27.1. The molecule has 1 aliphatic rings. The highest BCUT2D eigenvalue weighted by atomic mass is 16.6. The van der Waals surface area contributed by atoms with Gasteiger partial charge in [0.25, 0.3) is 5.91 Å². The number of carbonyl (C=O) groups is 2. The first-order chi connectivity index (χ1) is 22.5. The van der Waals surface area contributed by atoms with Gasteiger partial charge in [0.2, 0.25) is 0 Å². The van der Waals surface area contributed by atoms with Crippen LogP contribution in [0.2, 0.25) is 0 Å². The van der Waals surface area contributed by atoms with Gasteiger partial charge in [-0.15, -0.1) is 0 Å². The molecule has 0 aliphatic heterocycles. The molecular formula is C36H47N7O3. The summed E-state index contributed by atoms with van der Waals surface area (Å²) in [6, 6.07) is 18.0. The second-order valence-electron chi connectivity index (χ2n) is 12.1. The second-order valence-corrected chi connectivity index (χ2v) is 12.1. The van der Waals surface area contributed by atoms with E-state index in [1.54, 1.807) is 29.7 Å². The summed E-state index contributed by atoms with van der Waals surface area (Å²) in [7, 11) is 0. The summed E-state index contributed by atoms with van der Waals surface area (Å²) in [5, 5.41) is 0. The molecule has 46 heavy (non-hydrogen) atoms. The molecule has 2 N–H and O–H groups in total.